The minimum Gasteiger partial charge on any atom is -0.508 e. The lowest BCUT2D eigenvalue weighted by atomic mass is 10.1. The highest BCUT2D eigenvalue weighted by Gasteiger charge is 2.11. The number of aromatic carboxylic acids is 1. The fourth-order valence-electron chi connectivity index (χ4n) is 2.38. The number of phenols is 3. The van der Waals surface area contributed by atoms with E-state index >= 15 is 0 Å². The Kier molecular flexibility index (Phi) is 7.59. The van der Waals surface area contributed by atoms with Crippen LogP contribution in [-0.2, 0) is 4.79 Å². The number of carboxylic acids is 1. The second kappa shape index (κ2) is 10.3. The number of rotatable bonds is 4. The molecule has 0 unspecified atom stereocenters. The number of para-hydroxylation sites is 1. The summed E-state index contributed by atoms with van der Waals surface area (Å²) in [5, 5.41) is 36.4. The lowest BCUT2D eigenvalue weighted by molar-refractivity contribution is -0.131. The fourth-order valence-corrected chi connectivity index (χ4v) is 2.38. The minimum absolute atomic E-state index is 0.0160. The van der Waals surface area contributed by atoms with Crippen molar-refractivity contribution in [2.45, 2.75) is 6.92 Å². The molecule has 0 spiro atoms. The maximum absolute atomic E-state index is 10.6. The van der Waals surface area contributed by atoms with Gasteiger partial charge in [0.1, 0.15) is 28.6 Å². The molecule has 3 aromatic rings. The number of ether oxygens (including phenoxy) is 1. The summed E-state index contributed by atoms with van der Waals surface area (Å²) in [4.78, 5) is 21.2. The first-order chi connectivity index (χ1) is 14.2. The Balaban J connectivity index is 0.000000222. The van der Waals surface area contributed by atoms with Crippen LogP contribution in [0.4, 0.5) is 0 Å². The average molecular weight is 408 g/mol. The van der Waals surface area contributed by atoms with Crippen LogP contribution in [0.25, 0.3) is 12.2 Å². The van der Waals surface area contributed by atoms with Crippen LogP contribution >= 0.6 is 0 Å². The molecule has 7 heteroatoms. The third-order valence-corrected chi connectivity index (χ3v) is 3.66. The van der Waals surface area contributed by atoms with Crippen LogP contribution in [-0.4, -0.2) is 32.4 Å². The monoisotopic (exact) mass is 408 g/mol. The van der Waals surface area contributed by atoms with Crippen LogP contribution in [0.2, 0.25) is 0 Å². The summed E-state index contributed by atoms with van der Waals surface area (Å²) in [6, 6.07) is 17.1. The van der Waals surface area contributed by atoms with Crippen LogP contribution < -0.4 is 4.74 Å². The number of carbonyl (C=O) groups is 2. The van der Waals surface area contributed by atoms with Gasteiger partial charge in [-0.05, 0) is 47.5 Å². The highest BCUT2D eigenvalue weighted by Crippen LogP contribution is 2.22. The molecule has 0 aromatic heterocycles. The van der Waals surface area contributed by atoms with Gasteiger partial charge in [0.25, 0.3) is 0 Å². The Morgan fingerprint density at radius 2 is 1.33 bits per heavy atom. The van der Waals surface area contributed by atoms with E-state index in [1.54, 1.807) is 54.6 Å². The summed E-state index contributed by atoms with van der Waals surface area (Å²) in [5.41, 5.74) is 1.61. The predicted molar refractivity (Wildman–Crippen MR) is 112 cm³/mol. The van der Waals surface area contributed by atoms with E-state index in [4.69, 9.17) is 10.2 Å². The van der Waals surface area contributed by atoms with Gasteiger partial charge in [-0.15, -0.1) is 0 Å². The quantitative estimate of drug-likeness (QED) is 0.288. The van der Waals surface area contributed by atoms with E-state index in [-0.39, 0.29) is 28.6 Å². The summed E-state index contributed by atoms with van der Waals surface area (Å²) in [5.74, 6) is -1.31. The van der Waals surface area contributed by atoms with Crippen molar-refractivity contribution in [3.8, 4) is 23.0 Å². The number of carbonyl (C=O) groups excluding carboxylic acids is 1. The molecule has 0 amide bonds. The molecule has 0 atom stereocenters. The number of benzene rings is 3. The first-order valence-corrected chi connectivity index (χ1v) is 8.75. The number of hydrogen-bond donors (Lipinski definition) is 4. The van der Waals surface area contributed by atoms with Gasteiger partial charge >= 0.3 is 11.9 Å². The van der Waals surface area contributed by atoms with Gasteiger partial charge in [-0.25, -0.2) is 4.79 Å². The average Bonchev–Trinajstić information content (AvgIpc) is 2.67. The molecular weight excluding hydrogens is 388 g/mol. The van der Waals surface area contributed by atoms with Crippen molar-refractivity contribution in [2.24, 2.45) is 0 Å². The van der Waals surface area contributed by atoms with Gasteiger partial charge in [0.2, 0.25) is 0 Å². The highest BCUT2D eigenvalue weighted by molar-refractivity contribution is 5.91. The standard InChI is InChI=1S/C14H12O3.C9H8O4/c15-12-5-3-10(4-6-12)1-2-11-7-13(16)9-14(17)8-11;1-6(10)13-8-5-3-2-4-7(8)9(11)12/h1-9,15-17H;2-5H,1H3,(H,11,12)/b2-1+;. The number of esters is 1. The van der Waals surface area contributed by atoms with E-state index in [1.807, 2.05) is 6.08 Å². The summed E-state index contributed by atoms with van der Waals surface area (Å²) < 4.78 is 4.69. The van der Waals surface area contributed by atoms with E-state index in [9.17, 15) is 19.8 Å². The summed E-state index contributed by atoms with van der Waals surface area (Å²) in [7, 11) is 0. The molecule has 0 heterocycles. The van der Waals surface area contributed by atoms with E-state index in [0.29, 0.717) is 5.56 Å². The molecule has 30 heavy (non-hydrogen) atoms. The predicted octanol–water partition coefficient (Wildman–Crippen LogP) is 4.28. The van der Waals surface area contributed by atoms with Crippen molar-refractivity contribution in [3.63, 3.8) is 0 Å². The molecule has 4 N–H and O–H groups in total. The van der Waals surface area contributed by atoms with Crippen molar-refractivity contribution < 1.29 is 34.8 Å². The largest absolute Gasteiger partial charge is 0.508 e. The van der Waals surface area contributed by atoms with Crippen LogP contribution in [0.1, 0.15) is 28.4 Å². The Labute approximate surface area is 172 Å². The molecule has 0 aliphatic heterocycles. The van der Waals surface area contributed by atoms with Gasteiger partial charge in [0, 0.05) is 13.0 Å². The van der Waals surface area contributed by atoms with Crippen LogP contribution in [0.15, 0.2) is 66.7 Å². The fraction of sp³-hybridized carbons (Fsp3) is 0.0435. The van der Waals surface area contributed by atoms with E-state index in [0.717, 1.165) is 5.56 Å². The maximum Gasteiger partial charge on any atom is 0.339 e. The second-order valence-corrected chi connectivity index (χ2v) is 6.10. The van der Waals surface area contributed by atoms with Gasteiger partial charge in [-0.1, -0.05) is 36.4 Å². The molecule has 0 saturated carbocycles. The molecule has 0 radical (unpaired) electrons. The lowest BCUT2D eigenvalue weighted by Crippen LogP contribution is -2.06. The Bertz CT molecular complexity index is 1030. The van der Waals surface area contributed by atoms with Gasteiger partial charge in [-0.2, -0.15) is 0 Å². The molecular formula is C23H20O7. The first kappa shape index (κ1) is 22.0. The molecule has 0 bridgehead atoms. The SMILES string of the molecule is CC(=O)Oc1ccccc1C(=O)O.Oc1ccc(/C=C/c2cc(O)cc(O)c2)cc1. The van der Waals surface area contributed by atoms with Gasteiger partial charge in [-0.3, -0.25) is 4.79 Å². The third-order valence-electron chi connectivity index (χ3n) is 3.66. The third kappa shape index (κ3) is 7.05. The molecule has 0 fully saturated rings. The van der Waals surface area contributed by atoms with Crippen molar-refractivity contribution in [2.75, 3.05) is 0 Å². The molecule has 154 valence electrons. The zero-order valence-corrected chi connectivity index (χ0v) is 16.0. The van der Waals surface area contributed by atoms with Gasteiger partial charge in [0.15, 0.2) is 0 Å². The molecule has 7 nitrogen and oxygen atoms in total. The van der Waals surface area contributed by atoms with Crippen LogP contribution in [0.5, 0.6) is 23.0 Å². The van der Waals surface area contributed by atoms with E-state index < -0.39 is 11.9 Å². The van der Waals surface area contributed by atoms with Crippen molar-refractivity contribution in [1.29, 1.82) is 0 Å². The molecule has 0 aliphatic carbocycles. The highest BCUT2D eigenvalue weighted by atomic mass is 16.5. The van der Waals surface area contributed by atoms with Gasteiger partial charge < -0.3 is 25.2 Å². The smallest absolute Gasteiger partial charge is 0.339 e. The number of phenolic OH excluding ortho intramolecular Hbond substituents is 3. The Morgan fingerprint density at radius 3 is 1.90 bits per heavy atom. The number of carboxylic acid groups (broad SMARTS) is 1. The maximum atomic E-state index is 10.6. The minimum atomic E-state index is -1.11. The lowest BCUT2D eigenvalue weighted by Gasteiger charge is -2.03. The van der Waals surface area contributed by atoms with Crippen molar-refractivity contribution in [1.82, 2.24) is 0 Å². The van der Waals surface area contributed by atoms with E-state index in [2.05, 4.69) is 4.74 Å². The number of aromatic hydroxyl groups is 3. The molecule has 3 rings (SSSR count). The van der Waals surface area contributed by atoms with Crippen LogP contribution in [0.3, 0.4) is 0 Å². The normalized spacial score (nSPS) is 10.2. The summed E-state index contributed by atoms with van der Waals surface area (Å²) in [6.07, 6.45) is 3.60. The number of hydrogen-bond acceptors (Lipinski definition) is 6. The van der Waals surface area contributed by atoms with Crippen molar-refractivity contribution >= 4 is 24.1 Å². The summed E-state index contributed by atoms with van der Waals surface area (Å²) >= 11 is 0. The zero-order chi connectivity index (χ0) is 22.1. The molecule has 3 aromatic carbocycles. The first-order valence-electron chi connectivity index (χ1n) is 8.75. The van der Waals surface area contributed by atoms with E-state index in [1.165, 1.54) is 25.1 Å². The Morgan fingerprint density at radius 1 is 0.767 bits per heavy atom. The second-order valence-electron chi connectivity index (χ2n) is 6.10. The Hall–Kier alpha value is -4.26. The van der Waals surface area contributed by atoms with Crippen LogP contribution in [0, 0.1) is 0 Å². The molecule has 0 aliphatic rings. The summed E-state index contributed by atoms with van der Waals surface area (Å²) in [6.45, 7) is 1.22. The zero-order valence-electron chi connectivity index (χ0n) is 16.0. The van der Waals surface area contributed by atoms with Gasteiger partial charge in [0.05, 0.1) is 0 Å². The van der Waals surface area contributed by atoms with Crippen molar-refractivity contribution in [3.05, 3.63) is 83.4 Å². The molecule has 0 saturated heterocycles. The topological polar surface area (TPSA) is 124 Å².